The molecule has 1 saturated heterocycles. The van der Waals surface area contributed by atoms with E-state index in [2.05, 4.69) is 10.2 Å². The maximum Gasteiger partial charge on any atom is 0.261 e. The Morgan fingerprint density at radius 2 is 2.09 bits per heavy atom. The number of halogens is 1. The van der Waals surface area contributed by atoms with Gasteiger partial charge in [0.25, 0.3) is 5.91 Å². The van der Waals surface area contributed by atoms with E-state index in [4.69, 9.17) is 16.3 Å². The molecule has 0 aliphatic carbocycles. The zero-order valence-electron chi connectivity index (χ0n) is 13.2. The van der Waals surface area contributed by atoms with Crippen LogP contribution in [0.5, 0.6) is 5.75 Å². The van der Waals surface area contributed by atoms with E-state index in [1.165, 1.54) is 25.9 Å². The molecule has 0 unspecified atom stereocenters. The number of likely N-dealkylation sites (tertiary alicyclic amines) is 1. The van der Waals surface area contributed by atoms with Crippen LogP contribution in [0.3, 0.4) is 0 Å². The van der Waals surface area contributed by atoms with Crippen molar-refractivity contribution >= 4 is 17.5 Å². The Bertz CT molecular complexity index is 475. The number of para-hydroxylation sites is 1. The number of nitrogens with one attached hydrogen (secondary N) is 1. The van der Waals surface area contributed by atoms with Crippen molar-refractivity contribution in [3.63, 3.8) is 0 Å². The molecule has 0 saturated carbocycles. The summed E-state index contributed by atoms with van der Waals surface area (Å²) in [6.45, 7) is 6.08. The lowest BCUT2D eigenvalue weighted by molar-refractivity contribution is -0.128. The number of ether oxygens (including phenoxy) is 1. The summed E-state index contributed by atoms with van der Waals surface area (Å²) >= 11 is 6.07. The second-order valence-corrected chi connectivity index (χ2v) is 6.05. The Kier molecular flexibility index (Phi) is 7.00. The minimum absolute atomic E-state index is 0.0659. The van der Waals surface area contributed by atoms with Gasteiger partial charge in [-0.25, -0.2) is 0 Å². The number of rotatable bonds is 8. The van der Waals surface area contributed by atoms with Crippen LogP contribution in [0, 0.1) is 0 Å². The summed E-state index contributed by atoms with van der Waals surface area (Å²) in [6.07, 6.45) is 3.70. The van der Waals surface area contributed by atoms with Gasteiger partial charge in [0.1, 0.15) is 5.75 Å². The third kappa shape index (κ3) is 5.18. The first kappa shape index (κ1) is 17.1. The molecular weight excluding hydrogens is 300 g/mol. The average Bonchev–Trinajstić information content (AvgIpc) is 3.04. The summed E-state index contributed by atoms with van der Waals surface area (Å²) in [5, 5.41) is 3.49. The summed E-state index contributed by atoms with van der Waals surface area (Å²) in [5.74, 6) is 0.493. The molecule has 1 N–H and O–H groups in total. The smallest absolute Gasteiger partial charge is 0.261 e. The monoisotopic (exact) mass is 324 g/mol. The summed E-state index contributed by atoms with van der Waals surface area (Å²) in [4.78, 5) is 14.6. The summed E-state index contributed by atoms with van der Waals surface area (Å²) in [6, 6.07) is 7.24. The molecular formula is C17H25ClN2O2. The van der Waals surface area contributed by atoms with Crippen molar-refractivity contribution in [2.45, 2.75) is 38.7 Å². The number of hydrogen-bond donors (Lipinski definition) is 1. The molecule has 1 aliphatic rings. The van der Waals surface area contributed by atoms with Gasteiger partial charge in [-0.1, -0.05) is 30.7 Å². The predicted molar refractivity (Wildman–Crippen MR) is 89.5 cm³/mol. The van der Waals surface area contributed by atoms with E-state index in [-0.39, 0.29) is 5.91 Å². The molecule has 1 amide bonds. The molecule has 5 heteroatoms. The lowest BCUT2D eigenvalue weighted by atomic mass is 10.2. The van der Waals surface area contributed by atoms with Crippen molar-refractivity contribution < 1.29 is 9.53 Å². The van der Waals surface area contributed by atoms with Gasteiger partial charge in [0.05, 0.1) is 5.02 Å². The highest BCUT2D eigenvalue weighted by atomic mass is 35.5. The van der Waals surface area contributed by atoms with Crippen LogP contribution in [-0.2, 0) is 4.79 Å². The van der Waals surface area contributed by atoms with Crippen LogP contribution in [0.1, 0.15) is 32.6 Å². The van der Waals surface area contributed by atoms with Gasteiger partial charge in [-0.2, -0.15) is 0 Å². The third-order valence-corrected chi connectivity index (χ3v) is 4.23. The SMILES string of the molecule is CC[C@H](Oc1ccccc1Cl)C(=O)NCCCN1CCCC1. The Morgan fingerprint density at radius 3 is 2.77 bits per heavy atom. The fraction of sp³-hybridized carbons (Fsp3) is 0.588. The molecule has 0 bridgehead atoms. The summed E-state index contributed by atoms with van der Waals surface area (Å²) in [7, 11) is 0. The molecule has 122 valence electrons. The van der Waals surface area contributed by atoms with E-state index in [0.29, 0.717) is 23.7 Å². The molecule has 0 spiro atoms. The van der Waals surface area contributed by atoms with E-state index < -0.39 is 6.10 Å². The Hall–Kier alpha value is -1.26. The number of hydrogen-bond acceptors (Lipinski definition) is 3. The lowest BCUT2D eigenvalue weighted by Crippen LogP contribution is -2.39. The molecule has 22 heavy (non-hydrogen) atoms. The van der Waals surface area contributed by atoms with Gasteiger partial charge in [0.2, 0.25) is 0 Å². The molecule has 1 fully saturated rings. The van der Waals surface area contributed by atoms with Crippen LogP contribution in [-0.4, -0.2) is 43.1 Å². The fourth-order valence-corrected chi connectivity index (χ4v) is 2.83. The van der Waals surface area contributed by atoms with Gasteiger partial charge in [0, 0.05) is 6.54 Å². The van der Waals surface area contributed by atoms with E-state index >= 15 is 0 Å². The standard InChI is InChI=1S/C17H25ClN2O2/c1-2-15(22-16-9-4-3-8-14(16)18)17(21)19-10-7-13-20-11-5-6-12-20/h3-4,8-9,15H,2,5-7,10-13H2,1H3,(H,19,21)/t15-/m0/s1. The molecule has 2 rings (SSSR count). The number of amides is 1. The quantitative estimate of drug-likeness (QED) is 0.747. The summed E-state index contributed by atoms with van der Waals surface area (Å²) in [5.41, 5.74) is 0. The van der Waals surface area contributed by atoms with E-state index in [1.54, 1.807) is 12.1 Å². The topological polar surface area (TPSA) is 41.6 Å². The molecule has 1 aliphatic heterocycles. The normalized spacial score (nSPS) is 16.5. The highest BCUT2D eigenvalue weighted by molar-refractivity contribution is 6.32. The van der Waals surface area contributed by atoms with Crippen molar-refractivity contribution in [3.05, 3.63) is 29.3 Å². The van der Waals surface area contributed by atoms with Crippen LogP contribution in [0.15, 0.2) is 24.3 Å². The molecule has 1 atom stereocenters. The molecule has 0 radical (unpaired) electrons. The maximum absolute atomic E-state index is 12.2. The van der Waals surface area contributed by atoms with Crippen molar-refractivity contribution in [3.8, 4) is 5.75 Å². The van der Waals surface area contributed by atoms with E-state index in [0.717, 1.165) is 13.0 Å². The van der Waals surface area contributed by atoms with Crippen LogP contribution < -0.4 is 10.1 Å². The van der Waals surface area contributed by atoms with Gasteiger partial charge in [-0.15, -0.1) is 0 Å². The Balaban J connectivity index is 1.73. The number of carbonyl (C=O) groups excluding carboxylic acids is 1. The van der Waals surface area contributed by atoms with E-state index in [9.17, 15) is 4.79 Å². The third-order valence-electron chi connectivity index (χ3n) is 3.92. The predicted octanol–water partition coefficient (Wildman–Crippen LogP) is 3.10. The van der Waals surface area contributed by atoms with E-state index in [1.807, 2.05) is 19.1 Å². The lowest BCUT2D eigenvalue weighted by Gasteiger charge is -2.19. The molecule has 1 aromatic rings. The van der Waals surface area contributed by atoms with Crippen molar-refractivity contribution in [2.24, 2.45) is 0 Å². The first-order valence-electron chi connectivity index (χ1n) is 8.12. The highest BCUT2D eigenvalue weighted by Gasteiger charge is 2.19. The van der Waals surface area contributed by atoms with Gasteiger partial charge < -0.3 is 15.0 Å². The van der Waals surface area contributed by atoms with Crippen molar-refractivity contribution in [1.82, 2.24) is 10.2 Å². The number of nitrogens with zero attached hydrogens (tertiary/aromatic N) is 1. The minimum Gasteiger partial charge on any atom is -0.479 e. The number of benzene rings is 1. The van der Waals surface area contributed by atoms with Gasteiger partial charge >= 0.3 is 0 Å². The van der Waals surface area contributed by atoms with Crippen molar-refractivity contribution in [1.29, 1.82) is 0 Å². The highest BCUT2D eigenvalue weighted by Crippen LogP contribution is 2.24. The van der Waals surface area contributed by atoms with Crippen LogP contribution in [0.25, 0.3) is 0 Å². The fourth-order valence-electron chi connectivity index (χ4n) is 2.65. The van der Waals surface area contributed by atoms with Crippen LogP contribution in [0.2, 0.25) is 5.02 Å². The zero-order chi connectivity index (χ0) is 15.8. The van der Waals surface area contributed by atoms with Crippen molar-refractivity contribution in [2.75, 3.05) is 26.2 Å². The minimum atomic E-state index is -0.494. The average molecular weight is 325 g/mol. The second kappa shape index (κ2) is 9.01. The zero-order valence-corrected chi connectivity index (χ0v) is 13.9. The van der Waals surface area contributed by atoms with Crippen LogP contribution >= 0.6 is 11.6 Å². The molecule has 4 nitrogen and oxygen atoms in total. The second-order valence-electron chi connectivity index (χ2n) is 5.64. The summed E-state index contributed by atoms with van der Waals surface area (Å²) < 4.78 is 5.73. The number of carbonyl (C=O) groups is 1. The van der Waals surface area contributed by atoms with Gasteiger partial charge in [-0.3, -0.25) is 4.79 Å². The maximum atomic E-state index is 12.2. The van der Waals surface area contributed by atoms with Gasteiger partial charge in [-0.05, 0) is 57.5 Å². The Morgan fingerprint density at radius 1 is 1.36 bits per heavy atom. The largest absolute Gasteiger partial charge is 0.479 e. The first-order chi connectivity index (χ1) is 10.7. The van der Waals surface area contributed by atoms with Crippen LogP contribution in [0.4, 0.5) is 0 Å². The Labute approximate surface area is 137 Å². The molecule has 1 aromatic carbocycles. The first-order valence-corrected chi connectivity index (χ1v) is 8.49. The molecule has 1 heterocycles. The van der Waals surface area contributed by atoms with Gasteiger partial charge in [0.15, 0.2) is 6.10 Å². The molecule has 0 aromatic heterocycles.